The smallest absolute Gasteiger partial charge is 0.251 e. The fourth-order valence-corrected chi connectivity index (χ4v) is 2.40. The predicted octanol–water partition coefficient (Wildman–Crippen LogP) is 2.67. The normalized spacial score (nSPS) is 10.7. The summed E-state index contributed by atoms with van der Waals surface area (Å²) in [4.78, 5) is 15.9. The van der Waals surface area contributed by atoms with Crippen LogP contribution in [0.5, 0.6) is 0 Å². The van der Waals surface area contributed by atoms with Crippen LogP contribution in [-0.4, -0.2) is 20.7 Å². The van der Waals surface area contributed by atoms with Gasteiger partial charge in [0.1, 0.15) is 10.3 Å². The van der Waals surface area contributed by atoms with Crippen LogP contribution in [0.3, 0.4) is 0 Å². The Bertz CT molecular complexity index is 646. The summed E-state index contributed by atoms with van der Waals surface area (Å²) in [5.74, 6) is -0.251. The lowest BCUT2D eigenvalue weighted by molar-refractivity contribution is 0.0950. The van der Waals surface area contributed by atoms with Crippen molar-refractivity contribution in [3.05, 3.63) is 45.0 Å². The van der Waals surface area contributed by atoms with E-state index in [1.807, 2.05) is 20.9 Å². The van der Waals surface area contributed by atoms with Gasteiger partial charge >= 0.3 is 0 Å². The number of carbonyl (C=O) groups excluding carboxylic acids is 1. The number of aryl methyl sites for hydroxylation is 2. The van der Waals surface area contributed by atoms with E-state index in [1.165, 1.54) is 12.1 Å². The second kappa shape index (κ2) is 5.81. The lowest BCUT2D eigenvalue weighted by Gasteiger charge is -2.06. The van der Waals surface area contributed by atoms with E-state index >= 15 is 0 Å². The number of halogens is 2. The van der Waals surface area contributed by atoms with Gasteiger partial charge in [-0.25, -0.2) is 4.98 Å². The number of pyridine rings is 1. The van der Waals surface area contributed by atoms with Gasteiger partial charge in [0.15, 0.2) is 0 Å². The Morgan fingerprint density at radius 3 is 2.40 bits per heavy atom. The number of carbonyl (C=O) groups is 1. The number of hydrogen-bond acceptors (Lipinski definition) is 3. The van der Waals surface area contributed by atoms with Crippen molar-refractivity contribution in [3.63, 3.8) is 0 Å². The van der Waals surface area contributed by atoms with Crippen LogP contribution in [0, 0.1) is 13.8 Å². The highest BCUT2D eigenvalue weighted by Crippen LogP contribution is 2.15. The number of amides is 1. The van der Waals surface area contributed by atoms with Crippen molar-refractivity contribution in [1.82, 2.24) is 20.1 Å². The van der Waals surface area contributed by atoms with Gasteiger partial charge in [-0.05, 0) is 26.0 Å². The monoisotopic (exact) mass is 312 g/mol. The van der Waals surface area contributed by atoms with Crippen LogP contribution in [-0.2, 0) is 13.6 Å². The second-order valence-corrected chi connectivity index (χ2v) is 5.23. The van der Waals surface area contributed by atoms with Gasteiger partial charge in [-0.15, -0.1) is 0 Å². The van der Waals surface area contributed by atoms with Crippen molar-refractivity contribution in [2.24, 2.45) is 7.05 Å². The van der Waals surface area contributed by atoms with Gasteiger partial charge in [0.05, 0.1) is 5.69 Å². The number of rotatable bonds is 3. The highest BCUT2D eigenvalue weighted by molar-refractivity contribution is 6.33. The van der Waals surface area contributed by atoms with E-state index in [0.29, 0.717) is 12.1 Å². The van der Waals surface area contributed by atoms with E-state index in [1.54, 1.807) is 4.68 Å². The van der Waals surface area contributed by atoms with Crippen molar-refractivity contribution in [1.29, 1.82) is 0 Å². The second-order valence-electron chi connectivity index (χ2n) is 4.46. The Kier molecular flexibility index (Phi) is 4.30. The average Bonchev–Trinajstić information content (AvgIpc) is 2.60. The van der Waals surface area contributed by atoms with E-state index in [-0.39, 0.29) is 16.2 Å². The zero-order valence-corrected chi connectivity index (χ0v) is 12.9. The Balaban J connectivity index is 2.12. The van der Waals surface area contributed by atoms with Crippen LogP contribution >= 0.6 is 23.2 Å². The van der Waals surface area contributed by atoms with Crippen LogP contribution in [0.4, 0.5) is 0 Å². The van der Waals surface area contributed by atoms with Gasteiger partial charge in [-0.1, -0.05) is 23.2 Å². The van der Waals surface area contributed by atoms with E-state index in [9.17, 15) is 4.79 Å². The van der Waals surface area contributed by atoms with E-state index < -0.39 is 0 Å². The van der Waals surface area contributed by atoms with Gasteiger partial charge in [-0.2, -0.15) is 5.10 Å². The minimum Gasteiger partial charge on any atom is -0.348 e. The van der Waals surface area contributed by atoms with Crippen LogP contribution in [0.25, 0.3) is 0 Å². The third-order valence-corrected chi connectivity index (χ3v) is 3.50. The van der Waals surface area contributed by atoms with E-state index in [0.717, 1.165) is 17.0 Å². The Hall–Kier alpha value is -1.59. The Morgan fingerprint density at radius 1 is 1.30 bits per heavy atom. The number of nitrogens with one attached hydrogen (secondary N) is 1. The number of hydrogen-bond donors (Lipinski definition) is 1. The molecule has 2 aromatic heterocycles. The summed E-state index contributed by atoms with van der Waals surface area (Å²) in [5, 5.41) is 7.51. The quantitative estimate of drug-likeness (QED) is 0.886. The highest BCUT2D eigenvalue weighted by atomic mass is 35.5. The van der Waals surface area contributed by atoms with Gasteiger partial charge in [-0.3, -0.25) is 9.48 Å². The molecule has 2 heterocycles. The first kappa shape index (κ1) is 14.8. The van der Waals surface area contributed by atoms with Crippen LogP contribution in [0.1, 0.15) is 27.3 Å². The third-order valence-electron chi connectivity index (χ3n) is 3.11. The van der Waals surface area contributed by atoms with Gasteiger partial charge in [0.2, 0.25) is 0 Å². The summed E-state index contributed by atoms with van der Waals surface area (Å²) < 4.78 is 1.79. The first-order valence-corrected chi connectivity index (χ1v) is 6.74. The summed E-state index contributed by atoms with van der Waals surface area (Å²) >= 11 is 11.6. The Labute approximate surface area is 126 Å². The highest BCUT2D eigenvalue weighted by Gasteiger charge is 2.12. The molecule has 1 amide bonds. The third kappa shape index (κ3) is 3.11. The predicted molar refractivity (Wildman–Crippen MR) is 78.1 cm³/mol. The lowest BCUT2D eigenvalue weighted by Crippen LogP contribution is -2.23. The van der Waals surface area contributed by atoms with Gasteiger partial charge < -0.3 is 5.32 Å². The lowest BCUT2D eigenvalue weighted by atomic mass is 10.2. The van der Waals surface area contributed by atoms with Crippen molar-refractivity contribution in [3.8, 4) is 0 Å². The molecule has 0 bridgehead atoms. The van der Waals surface area contributed by atoms with E-state index in [2.05, 4.69) is 15.4 Å². The van der Waals surface area contributed by atoms with Crippen LogP contribution in [0.2, 0.25) is 10.3 Å². The van der Waals surface area contributed by atoms with Crippen molar-refractivity contribution in [2.45, 2.75) is 20.4 Å². The molecule has 5 nitrogen and oxygen atoms in total. The zero-order valence-electron chi connectivity index (χ0n) is 11.4. The summed E-state index contributed by atoms with van der Waals surface area (Å²) in [6, 6.07) is 2.96. The fourth-order valence-electron chi connectivity index (χ4n) is 1.94. The molecule has 0 fully saturated rings. The molecule has 2 rings (SSSR count). The minimum absolute atomic E-state index is 0.191. The maximum Gasteiger partial charge on any atom is 0.251 e. The van der Waals surface area contributed by atoms with Gasteiger partial charge in [0, 0.05) is 30.4 Å². The minimum atomic E-state index is -0.251. The summed E-state index contributed by atoms with van der Waals surface area (Å²) in [5.41, 5.74) is 3.31. The summed E-state index contributed by atoms with van der Waals surface area (Å²) in [6.07, 6.45) is 0. The molecule has 0 aliphatic rings. The molecule has 106 valence electrons. The topological polar surface area (TPSA) is 59.8 Å². The molecule has 0 aliphatic heterocycles. The maximum absolute atomic E-state index is 12.1. The maximum atomic E-state index is 12.1. The van der Waals surface area contributed by atoms with Crippen molar-refractivity contribution in [2.75, 3.05) is 0 Å². The first-order chi connectivity index (χ1) is 9.38. The molecule has 0 radical (unpaired) electrons. The molecule has 1 N–H and O–H groups in total. The van der Waals surface area contributed by atoms with Crippen molar-refractivity contribution < 1.29 is 4.79 Å². The molecule has 0 spiro atoms. The molecular formula is C13H14Cl2N4O. The number of nitrogens with zero attached hydrogens (tertiary/aromatic N) is 3. The first-order valence-electron chi connectivity index (χ1n) is 5.99. The zero-order chi connectivity index (χ0) is 14.9. The molecule has 2 aromatic rings. The Morgan fingerprint density at radius 2 is 1.90 bits per heavy atom. The van der Waals surface area contributed by atoms with Crippen LogP contribution in [0.15, 0.2) is 12.1 Å². The molecule has 0 saturated heterocycles. The van der Waals surface area contributed by atoms with E-state index in [4.69, 9.17) is 23.2 Å². The largest absolute Gasteiger partial charge is 0.348 e. The molecule has 0 saturated carbocycles. The molecule has 20 heavy (non-hydrogen) atoms. The number of aromatic nitrogens is 3. The van der Waals surface area contributed by atoms with Crippen LogP contribution < -0.4 is 5.32 Å². The molecule has 0 aromatic carbocycles. The standard InChI is InChI=1S/C13H14Cl2N4O/c1-7-10(8(2)19(3)18-7)6-16-13(20)9-4-11(14)17-12(15)5-9/h4-5H,6H2,1-3H3,(H,16,20). The molecule has 0 unspecified atom stereocenters. The molecular weight excluding hydrogens is 299 g/mol. The average molecular weight is 313 g/mol. The fraction of sp³-hybridized carbons (Fsp3) is 0.308. The SMILES string of the molecule is Cc1nn(C)c(C)c1CNC(=O)c1cc(Cl)nc(Cl)c1. The molecule has 0 aliphatic carbocycles. The molecule has 7 heteroatoms. The summed E-state index contributed by atoms with van der Waals surface area (Å²) in [7, 11) is 1.87. The summed E-state index contributed by atoms with van der Waals surface area (Å²) in [6.45, 7) is 4.28. The van der Waals surface area contributed by atoms with Gasteiger partial charge in [0.25, 0.3) is 5.91 Å². The molecule has 0 atom stereocenters. The van der Waals surface area contributed by atoms with Crippen molar-refractivity contribution >= 4 is 29.1 Å².